The summed E-state index contributed by atoms with van der Waals surface area (Å²) in [4.78, 5) is 9.25. The van der Waals surface area contributed by atoms with Crippen LogP contribution in [0.25, 0.3) is 0 Å². The van der Waals surface area contributed by atoms with Crippen molar-refractivity contribution in [1.82, 2.24) is 0 Å². The molecule has 28 heavy (non-hydrogen) atoms. The third-order valence-electron chi connectivity index (χ3n) is 5.51. The SMILES string of the molecule is CCCCCCCCCc1cccc(O[PH](=O)O)c1CCCCCCCCC. The predicted octanol–water partition coefficient (Wildman–Crippen LogP) is 8.03. The topological polar surface area (TPSA) is 46.5 Å². The first-order chi connectivity index (χ1) is 13.7. The van der Waals surface area contributed by atoms with Gasteiger partial charge in [0, 0.05) is 0 Å². The van der Waals surface area contributed by atoms with E-state index in [4.69, 9.17) is 4.52 Å². The van der Waals surface area contributed by atoms with Crippen LogP contribution in [0.5, 0.6) is 5.75 Å². The van der Waals surface area contributed by atoms with E-state index in [1.54, 1.807) is 0 Å². The molecular formula is C24H43O3P. The van der Waals surface area contributed by atoms with Gasteiger partial charge in [0.2, 0.25) is 0 Å². The van der Waals surface area contributed by atoms with Crippen molar-refractivity contribution < 1.29 is 14.0 Å². The molecule has 0 bridgehead atoms. The van der Waals surface area contributed by atoms with Crippen LogP contribution in [-0.4, -0.2) is 4.89 Å². The first-order valence-corrected chi connectivity index (χ1v) is 13.0. The van der Waals surface area contributed by atoms with Gasteiger partial charge in [0.05, 0.1) is 0 Å². The average molecular weight is 411 g/mol. The van der Waals surface area contributed by atoms with E-state index in [0.29, 0.717) is 5.75 Å². The first-order valence-electron chi connectivity index (χ1n) is 11.7. The lowest BCUT2D eigenvalue weighted by molar-refractivity contribution is 0.408. The summed E-state index contributed by atoms with van der Waals surface area (Å²) >= 11 is 0. The molecule has 1 rings (SSSR count). The summed E-state index contributed by atoms with van der Waals surface area (Å²) in [6.45, 7) is 4.50. The molecule has 4 heteroatoms. The van der Waals surface area contributed by atoms with Gasteiger partial charge in [-0.15, -0.1) is 0 Å². The fourth-order valence-corrected chi connectivity index (χ4v) is 4.23. The van der Waals surface area contributed by atoms with Crippen molar-refractivity contribution in [2.45, 2.75) is 117 Å². The summed E-state index contributed by atoms with van der Waals surface area (Å²) in [5.41, 5.74) is 2.47. The van der Waals surface area contributed by atoms with E-state index in [-0.39, 0.29) is 0 Å². The van der Waals surface area contributed by atoms with Gasteiger partial charge >= 0.3 is 8.25 Å². The summed E-state index contributed by atoms with van der Waals surface area (Å²) in [5, 5.41) is 0. The lowest BCUT2D eigenvalue weighted by Crippen LogP contribution is -1.99. The second-order valence-corrected chi connectivity index (χ2v) is 8.74. The normalized spacial score (nSPS) is 12.2. The molecule has 1 N–H and O–H groups in total. The van der Waals surface area contributed by atoms with Crippen LogP contribution in [0.4, 0.5) is 0 Å². The van der Waals surface area contributed by atoms with Crippen molar-refractivity contribution in [2.75, 3.05) is 0 Å². The Bertz CT molecular complexity index is 531. The van der Waals surface area contributed by atoms with Crippen LogP contribution < -0.4 is 4.52 Å². The molecule has 0 aromatic heterocycles. The van der Waals surface area contributed by atoms with E-state index < -0.39 is 8.25 Å². The van der Waals surface area contributed by atoms with Crippen LogP contribution in [0.2, 0.25) is 0 Å². The lowest BCUT2D eigenvalue weighted by Gasteiger charge is -2.15. The molecule has 0 radical (unpaired) electrons. The fraction of sp³-hybridized carbons (Fsp3) is 0.750. The quantitative estimate of drug-likeness (QED) is 0.197. The van der Waals surface area contributed by atoms with Crippen LogP contribution in [-0.2, 0) is 17.4 Å². The molecule has 1 aromatic carbocycles. The molecule has 3 nitrogen and oxygen atoms in total. The van der Waals surface area contributed by atoms with Gasteiger partial charge in [0.1, 0.15) is 5.75 Å². The highest BCUT2D eigenvalue weighted by Crippen LogP contribution is 2.31. The van der Waals surface area contributed by atoms with Gasteiger partial charge in [-0.1, -0.05) is 103 Å². The van der Waals surface area contributed by atoms with Crippen molar-refractivity contribution in [3.8, 4) is 5.75 Å². The molecule has 0 spiro atoms. The Morgan fingerprint density at radius 3 is 1.79 bits per heavy atom. The Hall–Kier alpha value is -0.790. The van der Waals surface area contributed by atoms with Crippen LogP contribution in [0.3, 0.4) is 0 Å². The molecule has 0 fully saturated rings. The highest BCUT2D eigenvalue weighted by atomic mass is 31.1. The van der Waals surface area contributed by atoms with Crippen molar-refractivity contribution in [3.05, 3.63) is 29.3 Å². The fourth-order valence-electron chi connectivity index (χ4n) is 3.85. The van der Waals surface area contributed by atoms with E-state index in [9.17, 15) is 9.46 Å². The molecule has 0 saturated carbocycles. The highest BCUT2D eigenvalue weighted by Gasteiger charge is 2.11. The van der Waals surface area contributed by atoms with Crippen LogP contribution >= 0.6 is 8.25 Å². The minimum atomic E-state index is -2.96. The van der Waals surface area contributed by atoms with Crippen molar-refractivity contribution in [3.63, 3.8) is 0 Å². The molecule has 1 aromatic rings. The zero-order chi connectivity index (χ0) is 20.5. The molecule has 0 heterocycles. The predicted molar refractivity (Wildman–Crippen MR) is 122 cm³/mol. The first kappa shape index (κ1) is 25.2. The molecule has 0 saturated heterocycles. The van der Waals surface area contributed by atoms with Crippen molar-refractivity contribution >= 4 is 8.25 Å². The number of rotatable bonds is 18. The van der Waals surface area contributed by atoms with E-state index in [2.05, 4.69) is 19.9 Å². The van der Waals surface area contributed by atoms with Crippen LogP contribution in [0.1, 0.15) is 115 Å². The molecule has 1 unspecified atom stereocenters. The number of unbranched alkanes of at least 4 members (excludes halogenated alkanes) is 12. The van der Waals surface area contributed by atoms with Gasteiger partial charge in [-0.3, -0.25) is 0 Å². The Labute approximate surface area is 174 Å². The Morgan fingerprint density at radius 2 is 1.25 bits per heavy atom. The monoisotopic (exact) mass is 410 g/mol. The Morgan fingerprint density at radius 1 is 0.750 bits per heavy atom. The largest absolute Gasteiger partial charge is 0.426 e. The van der Waals surface area contributed by atoms with Crippen molar-refractivity contribution in [2.24, 2.45) is 0 Å². The second-order valence-electron chi connectivity index (χ2n) is 8.00. The average Bonchev–Trinajstić information content (AvgIpc) is 2.67. The van der Waals surface area contributed by atoms with Gasteiger partial charge in [-0.25, -0.2) is 4.57 Å². The Balaban J connectivity index is 2.51. The van der Waals surface area contributed by atoms with E-state index in [1.807, 2.05) is 12.1 Å². The molecular weight excluding hydrogens is 367 g/mol. The maximum absolute atomic E-state index is 11.3. The highest BCUT2D eigenvalue weighted by molar-refractivity contribution is 7.32. The van der Waals surface area contributed by atoms with Gasteiger partial charge in [-0.2, -0.15) is 0 Å². The number of benzene rings is 1. The maximum atomic E-state index is 11.3. The summed E-state index contributed by atoms with van der Waals surface area (Å²) in [7, 11) is -2.96. The number of hydrogen-bond donors (Lipinski definition) is 1. The third kappa shape index (κ3) is 11.9. The van der Waals surface area contributed by atoms with E-state index in [0.717, 1.165) is 24.8 Å². The van der Waals surface area contributed by atoms with Gasteiger partial charge in [0.25, 0.3) is 0 Å². The van der Waals surface area contributed by atoms with E-state index >= 15 is 0 Å². The second kappa shape index (κ2) is 17.1. The summed E-state index contributed by atoms with van der Waals surface area (Å²) < 4.78 is 16.5. The summed E-state index contributed by atoms with van der Waals surface area (Å²) in [6, 6.07) is 5.99. The Kier molecular flexibility index (Phi) is 15.4. The van der Waals surface area contributed by atoms with Gasteiger partial charge in [0.15, 0.2) is 0 Å². The molecule has 1 atom stereocenters. The standard InChI is InChI=1S/C24H43O3P/c1-3-5-7-9-11-13-15-18-22-19-17-21-24(27-28(25)26)23(22)20-16-14-12-10-8-6-4-2/h17,19,21,28H,3-16,18,20H2,1-2H3,(H,25,26). The number of aryl methyl sites for hydroxylation is 1. The van der Waals surface area contributed by atoms with Crippen LogP contribution in [0, 0.1) is 0 Å². The summed E-state index contributed by atoms with van der Waals surface area (Å²) in [5.74, 6) is 0.623. The van der Waals surface area contributed by atoms with Crippen LogP contribution in [0.15, 0.2) is 18.2 Å². The third-order valence-corrected chi connectivity index (χ3v) is 5.90. The molecule has 0 aliphatic heterocycles. The molecule has 0 amide bonds. The van der Waals surface area contributed by atoms with Gasteiger partial charge in [-0.05, 0) is 42.9 Å². The van der Waals surface area contributed by atoms with Crippen molar-refractivity contribution in [1.29, 1.82) is 0 Å². The molecule has 162 valence electrons. The number of hydrogen-bond acceptors (Lipinski definition) is 2. The smallest absolute Gasteiger partial charge is 0.365 e. The maximum Gasteiger partial charge on any atom is 0.365 e. The van der Waals surface area contributed by atoms with Gasteiger partial charge < -0.3 is 9.42 Å². The molecule has 0 aliphatic carbocycles. The molecule has 0 aliphatic rings. The summed E-state index contributed by atoms with van der Waals surface area (Å²) in [6.07, 6.45) is 20.0. The zero-order valence-electron chi connectivity index (χ0n) is 18.3. The minimum absolute atomic E-state index is 0.623. The lowest BCUT2D eigenvalue weighted by atomic mass is 9.95. The minimum Gasteiger partial charge on any atom is -0.426 e. The zero-order valence-corrected chi connectivity index (χ0v) is 19.3. The van der Waals surface area contributed by atoms with E-state index in [1.165, 1.54) is 89.0 Å².